The molecule has 2 aromatic rings. The van der Waals surface area contributed by atoms with Gasteiger partial charge in [-0.25, -0.2) is 9.18 Å². The summed E-state index contributed by atoms with van der Waals surface area (Å²) in [6.07, 6.45) is -5.97. The average molecular weight is 385 g/mol. The number of carbonyl (C=O) groups is 2. The second kappa shape index (κ2) is 8.52. The Balaban J connectivity index is 1.86. The summed E-state index contributed by atoms with van der Waals surface area (Å²) in [5, 5.41) is 2.53. The summed E-state index contributed by atoms with van der Waals surface area (Å²) in [4.78, 5) is 23.9. The molecule has 0 radical (unpaired) electrons. The molecule has 1 N–H and O–H groups in total. The minimum Gasteiger partial charge on any atom is -0.449 e. The molecule has 0 aliphatic carbocycles. The molecule has 9 heteroatoms. The topological polar surface area (TPSA) is 64.6 Å². The van der Waals surface area contributed by atoms with E-state index in [-0.39, 0.29) is 12.1 Å². The fraction of sp³-hybridized carbons (Fsp3) is 0.222. The number of hydrogen-bond acceptors (Lipinski definition) is 4. The maximum Gasteiger partial charge on any atom is 0.573 e. The molecule has 0 bridgehead atoms. The van der Waals surface area contributed by atoms with Gasteiger partial charge in [0, 0.05) is 6.54 Å². The number of hydrogen-bond donors (Lipinski definition) is 1. The van der Waals surface area contributed by atoms with Crippen molar-refractivity contribution in [2.24, 2.45) is 0 Å². The number of amides is 1. The summed E-state index contributed by atoms with van der Waals surface area (Å²) in [6.45, 7) is 1.46. The quantitative estimate of drug-likeness (QED) is 0.610. The van der Waals surface area contributed by atoms with Crippen molar-refractivity contribution < 1.29 is 36.6 Å². The second-order valence-corrected chi connectivity index (χ2v) is 5.46. The van der Waals surface area contributed by atoms with Gasteiger partial charge in [-0.1, -0.05) is 12.1 Å². The standard InChI is InChI=1S/C18H15F4NO4/c1-11(16(24)23-10-12-2-6-14(19)7-3-12)26-17(25)13-4-8-15(9-5-13)27-18(20,21)22/h2-9,11H,10H2,1H3,(H,23,24)/t11-/m0/s1. The van der Waals surface area contributed by atoms with E-state index in [1.807, 2.05) is 0 Å². The van der Waals surface area contributed by atoms with Crippen LogP contribution in [0.25, 0.3) is 0 Å². The SMILES string of the molecule is C[C@H](OC(=O)c1ccc(OC(F)(F)F)cc1)C(=O)NCc1ccc(F)cc1. The van der Waals surface area contributed by atoms with Gasteiger partial charge in [0.05, 0.1) is 5.56 Å². The van der Waals surface area contributed by atoms with Crippen LogP contribution in [-0.2, 0) is 16.1 Å². The monoisotopic (exact) mass is 385 g/mol. The number of ether oxygens (including phenoxy) is 2. The van der Waals surface area contributed by atoms with Crippen molar-refractivity contribution >= 4 is 11.9 Å². The number of nitrogens with one attached hydrogen (secondary N) is 1. The van der Waals surface area contributed by atoms with E-state index in [1.165, 1.54) is 31.2 Å². The third-order valence-corrected chi connectivity index (χ3v) is 3.36. The molecule has 0 aliphatic rings. The lowest BCUT2D eigenvalue weighted by molar-refractivity contribution is -0.274. The summed E-state index contributed by atoms with van der Waals surface area (Å²) < 4.78 is 57.8. The Morgan fingerprint density at radius 3 is 2.19 bits per heavy atom. The van der Waals surface area contributed by atoms with Gasteiger partial charge in [-0.2, -0.15) is 0 Å². The maximum atomic E-state index is 12.8. The first-order valence-electron chi connectivity index (χ1n) is 7.73. The van der Waals surface area contributed by atoms with Gasteiger partial charge >= 0.3 is 12.3 Å². The van der Waals surface area contributed by atoms with E-state index in [9.17, 15) is 27.2 Å². The van der Waals surface area contributed by atoms with Gasteiger partial charge in [-0.3, -0.25) is 4.79 Å². The number of alkyl halides is 3. The molecule has 0 aliphatic heterocycles. The molecule has 0 saturated heterocycles. The maximum absolute atomic E-state index is 12.8. The lowest BCUT2D eigenvalue weighted by Gasteiger charge is -2.14. The predicted octanol–water partition coefficient (Wildman–Crippen LogP) is 3.59. The van der Waals surface area contributed by atoms with E-state index in [1.54, 1.807) is 0 Å². The Hall–Kier alpha value is -3.10. The molecule has 2 rings (SSSR count). The van der Waals surface area contributed by atoms with Crippen molar-refractivity contribution in [1.82, 2.24) is 5.32 Å². The van der Waals surface area contributed by atoms with Crippen LogP contribution in [-0.4, -0.2) is 24.3 Å². The Morgan fingerprint density at radius 2 is 1.63 bits per heavy atom. The molecular formula is C18H15F4NO4. The van der Waals surface area contributed by atoms with E-state index < -0.39 is 35.9 Å². The van der Waals surface area contributed by atoms with E-state index in [0.29, 0.717) is 5.56 Å². The van der Waals surface area contributed by atoms with Crippen molar-refractivity contribution in [3.8, 4) is 5.75 Å². The molecule has 2 aromatic carbocycles. The van der Waals surface area contributed by atoms with Crippen LogP contribution in [0.4, 0.5) is 17.6 Å². The Kier molecular flexibility index (Phi) is 6.38. The summed E-state index contributed by atoms with van der Waals surface area (Å²) in [5.74, 6) is -2.34. The molecule has 1 amide bonds. The van der Waals surface area contributed by atoms with Gasteiger partial charge in [0.15, 0.2) is 6.10 Å². The normalized spacial score (nSPS) is 12.2. The third kappa shape index (κ3) is 6.61. The van der Waals surface area contributed by atoms with E-state index in [0.717, 1.165) is 24.3 Å². The smallest absolute Gasteiger partial charge is 0.449 e. The molecule has 0 fully saturated rings. The fourth-order valence-corrected chi connectivity index (χ4v) is 2.01. The summed E-state index contributed by atoms with van der Waals surface area (Å²) in [7, 11) is 0. The number of esters is 1. The highest BCUT2D eigenvalue weighted by molar-refractivity contribution is 5.92. The summed E-state index contributed by atoms with van der Waals surface area (Å²) in [6, 6.07) is 9.59. The molecule has 144 valence electrons. The van der Waals surface area contributed by atoms with Gasteiger partial charge in [0.1, 0.15) is 11.6 Å². The number of halogens is 4. The molecule has 5 nitrogen and oxygen atoms in total. The van der Waals surface area contributed by atoms with Crippen molar-refractivity contribution in [2.75, 3.05) is 0 Å². The van der Waals surface area contributed by atoms with Crippen LogP contribution in [0.1, 0.15) is 22.8 Å². The van der Waals surface area contributed by atoms with Crippen molar-refractivity contribution in [3.05, 3.63) is 65.5 Å². The summed E-state index contributed by atoms with van der Waals surface area (Å²) in [5.41, 5.74) is 0.617. The van der Waals surface area contributed by atoms with Crippen LogP contribution in [0.3, 0.4) is 0 Å². The minimum atomic E-state index is -4.83. The van der Waals surface area contributed by atoms with Gasteiger partial charge in [-0.15, -0.1) is 13.2 Å². The van der Waals surface area contributed by atoms with Gasteiger partial charge in [-0.05, 0) is 48.9 Å². The van der Waals surface area contributed by atoms with Crippen LogP contribution in [0.15, 0.2) is 48.5 Å². The fourth-order valence-electron chi connectivity index (χ4n) is 2.01. The molecule has 0 unspecified atom stereocenters. The molecule has 0 heterocycles. The van der Waals surface area contributed by atoms with Gasteiger partial charge < -0.3 is 14.8 Å². The van der Waals surface area contributed by atoms with Gasteiger partial charge in [0.2, 0.25) is 0 Å². The largest absolute Gasteiger partial charge is 0.573 e. The number of benzene rings is 2. The van der Waals surface area contributed by atoms with Crippen LogP contribution in [0.2, 0.25) is 0 Å². The number of rotatable bonds is 6. The zero-order valence-corrected chi connectivity index (χ0v) is 14.0. The lowest BCUT2D eigenvalue weighted by atomic mass is 10.2. The highest BCUT2D eigenvalue weighted by Crippen LogP contribution is 2.23. The first kappa shape index (κ1) is 20.2. The molecule has 1 atom stereocenters. The molecule has 0 spiro atoms. The van der Waals surface area contributed by atoms with Crippen LogP contribution in [0, 0.1) is 5.82 Å². The van der Waals surface area contributed by atoms with Crippen molar-refractivity contribution in [1.29, 1.82) is 0 Å². The first-order chi connectivity index (χ1) is 12.6. The molecule has 27 heavy (non-hydrogen) atoms. The Morgan fingerprint density at radius 1 is 1.04 bits per heavy atom. The third-order valence-electron chi connectivity index (χ3n) is 3.36. The zero-order chi connectivity index (χ0) is 20.0. The van der Waals surface area contributed by atoms with E-state index in [4.69, 9.17) is 4.74 Å². The Bertz CT molecular complexity index is 789. The van der Waals surface area contributed by atoms with Gasteiger partial charge in [0.25, 0.3) is 5.91 Å². The first-order valence-corrected chi connectivity index (χ1v) is 7.73. The van der Waals surface area contributed by atoms with Crippen molar-refractivity contribution in [3.63, 3.8) is 0 Å². The zero-order valence-electron chi connectivity index (χ0n) is 14.0. The van der Waals surface area contributed by atoms with E-state index in [2.05, 4.69) is 10.1 Å². The lowest BCUT2D eigenvalue weighted by Crippen LogP contribution is -2.35. The Labute approximate surface area is 151 Å². The van der Waals surface area contributed by atoms with Crippen LogP contribution in [0.5, 0.6) is 5.75 Å². The van der Waals surface area contributed by atoms with Crippen LogP contribution < -0.4 is 10.1 Å². The highest BCUT2D eigenvalue weighted by atomic mass is 19.4. The van der Waals surface area contributed by atoms with Crippen molar-refractivity contribution in [2.45, 2.75) is 25.9 Å². The van der Waals surface area contributed by atoms with E-state index >= 15 is 0 Å². The number of carbonyl (C=O) groups excluding carboxylic acids is 2. The summed E-state index contributed by atoms with van der Waals surface area (Å²) >= 11 is 0. The second-order valence-electron chi connectivity index (χ2n) is 5.46. The highest BCUT2D eigenvalue weighted by Gasteiger charge is 2.31. The molecular weight excluding hydrogens is 370 g/mol. The average Bonchev–Trinajstić information content (AvgIpc) is 2.60. The minimum absolute atomic E-state index is 0.0392. The molecule has 0 saturated carbocycles. The van der Waals surface area contributed by atoms with Crippen LogP contribution >= 0.6 is 0 Å². The molecule has 0 aromatic heterocycles. The predicted molar refractivity (Wildman–Crippen MR) is 86.2 cm³/mol.